The summed E-state index contributed by atoms with van der Waals surface area (Å²) in [6, 6.07) is 0. The molecule has 0 bridgehead atoms. The van der Waals surface area contributed by atoms with Gasteiger partial charge in [0.2, 0.25) is 0 Å². The summed E-state index contributed by atoms with van der Waals surface area (Å²) < 4.78 is 7.59. The number of aryl methyl sites for hydroxylation is 2. The van der Waals surface area contributed by atoms with Crippen molar-refractivity contribution in [2.75, 3.05) is 13.1 Å². The third kappa shape index (κ3) is 2.76. The molecule has 0 amide bonds. The summed E-state index contributed by atoms with van der Waals surface area (Å²) in [5.74, 6) is 1.72. The molecule has 0 spiro atoms. The molecule has 5 heteroatoms. The first-order chi connectivity index (χ1) is 7.25. The number of hydrogen-bond acceptors (Lipinski definition) is 4. The summed E-state index contributed by atoms with van der Waals surface area (Å²) in [4.78, 5) is 4.31. The van der Waals surface area contributed by atoms with Crippen LogP contribution in [0.2, 0.25) is 0 Å². The fourth-order valence-corrected chi connectivity index (χ4v) is 1.84. The van der Waals surface area contributed by atoms with Crippen LogP contribution in [0.4, 0.5) is 0 Å². The SMILES string of the molecule is Cc1nc(COC2CCNCC2)n(C)n1. The predicted octanol–water partition coefficient (Wildman–Crippen LogP) is 0.392. The van der Waals surface area contributed by atoms with Crippen molar-refractivity contribution < 1.29 is 4.74 Å². The van der Waals surface area contributed by atoms with Crippen LogP contribution in [-0.4, -0.2) is 34.0 Å². The quantitative estimate of drug-likeness (QED) is 0.784. The van der Waals surface area contributed by atoms with Gasteiger partial charge in [-0.2, -0.15) is 5.10 Å². The van der Waals surface area contributed by atoms with Crippen LogP contribution in [0.15, 0.2) is 0 Å². The molecule has 1 fully saturated rings. The number of nitrogens with zero attached hydrogens (tertiary/aromatic N) is 3. The lowest BCUT2D eigenvalue weighted by atomic mass is 10.1. The molecule has 1 saturated heterocycles. The van der Waals surface area contributed by atoms with Gasteiger partial charge in [0.25, 0.3) is 0 Å². The first-order valence-corrected chi connectivity index (χ1v) is 5.44. The summed E-state index contributed by atoms with van der Waals surface area (Å²) in [6.45, 7) is 4.58. The number of aromatic nitrogens is 3. The third-order valence-corrected chi connectivity index (χ3v) is 2.69. The number of rotatable bonds is 3. The summed E-state index contributed by atoms with van der Waals surface area (Å²) in [6.07, 6.45) is 2.57. The Morgan fingerprint density at radius 3 is 2.80 bits per heavy atom. The van der Waals surface area contributed by atoms with E-state index in [0.717, 1.165) is 37.6 Å². The van der Waals surface area contributed by atoms with Crippen molar-refractivity contribution in [3.8, 4) is 0 Å². The van der Waals surface area contributed by atoms with E-state index in [1.807, 2.05) is 14.0 Å². The van der Waals surface area contributed by atoms with Crippen molar-refractivity contribution in [2.24, 2.45) is 7.05 Å². The highest BCUT2D eigenvalue weighted by molar-refractivity contribution is 4.88. The highest BCUT2D eigenvalue weighted by Crippen LogP contribution is 2.09. The Morgan fingerprint density at radius 1 is 1.47 bits per heavy atom. The van der Waals surface area contributed by atoms with Gasteiger partial charge in [0.1, 0.15) is 12.4 Å². The average Bonchev–Trinajstić information content (AvgIpc) is 2.56. The molecule has 0 radical (unpaired) electrons. The van der Waals surface area contributed by atoms with Crippen molar-refractivity contribution in [2.45, 2.75) is 32.5 Å². The molecule has 0 aromatic carbocycles. The van der Waals surface area contributed by atoms with Gasteiger partial charge in [0.15, 0.2) is 5.82 Å². The topological polar surface area (TPSA) is 52.0 Å². The highest BCUT2D eigenvalue weighted by atomic mass is 16.5. The smallest absolute Gasteiger partial charge is 0.152 e. The Bertz CT molecular complexity index is 317. The van der Waals surface area contributed by atoms with E-state index >= 15 is 0 Å². The van der Waals surface area contributed by atoms with Gasteiger partial charge in [-0.1, -0.05) is 0 Å². The summed E-state index contributed by atoms with van der Waals surface area (Å²) in [7, 11) is 1.90. The molecule has 15 heavy (non-hydrogen) atoms. The lowest BCUT2D eigenvalue weighted by Crippen LogP contribution is -2.32. The fourth-order valence-electron chi connectivity index (χ4n) is 1.84. The molecule has 0 aliphatic carbocycles. The van der Waals surface area contributed by atoms with Gasteiger partial charge in [-0.05, 0) is 32.9 Å². The van der Waals surface area contributed by atoms with Crippen molar-refractivity contribution in [1.82, 2.24) is 20.1 Å². The van der Waals surface area contributed by atoms with Crippen molar-refractivity contribution in [1.29, 1.82) is 0 Å². The second-order valence-corrected chi connectivity index (χ2v) is 3.96. The molecule has 1 aromatic rings. The van der Waals surface area contributed by atoms with Crippen LogP contribution < -0.4 is 5.32 Å². The molecule has 1 aliphatic heterocycles. The lowest BCUT2D eigenvalue weighted by molar-refractivity contribution is 0.0164. The zero-order chi connectivity index (χ0) is 10.7. The summed E-state index contributed by atoms with van der Waals surface area (Å²) >= 11 is 0. The largest absolute Gasteiger partial charge is 0.370 e. The highest BCUT2D eigenvalue weighted by Gasteiger charge is 2.14. The van der Waals surface area contributed by atoms with Crippen LogP contribution in [0.3, 0.4) is 0 Å². The summed E-state index contributed by atoms with van der Waals surface area (Å²) in [5, 5.41) is 7.50. The minimum Gasteiger partial charge on any atom is -0.370 e. The molecule has 2 rings (SSSR count). The first-order valence-electron chi connectivity index (χ1n) is 5.44. The molecule has 0 saturated carbocycles. The summed E-state index contributed by atoms with van der Waals surface area (Å²) in [5.41, 5.74) is 0. The molecule has 5 nitrogen and oxygen atoms in total. The Hall–Kier alpha value is -0.940. The maximum atomic E-state index is 5.80. The van der Waals surface area contributed by atoms with E-state index in [-0.39, 0.29) is 0 Å². The van der Waals surface area contributed by atoms with E-state index < -0.39 is 0 Å². The molecule has 0 atom stereocenters. The number of piperidine rings is 1. The van der Waals surface area contributed by atoms with Gasteiger partial charge in [-0.3, -0.25) is 4.68 Å². The van der Waals surface area contributed by atoms with Crippen molar-refractivity contribution >= 4 is 0 Å². The van der Waals surface area contributed by atoms with Crippen molar-refractivity contribution in [3.05, 3.63) is 11.6 Å². The first kappa shape index (κ1) is 10.6. The predicted molar refractivity (Wildman–Crippen MR) is 56.4 cm³/mol. The van der Waals surface area contributed by atoms with Gasteiger partial charge in [-0.15, -0.1) is 0 Å². The van der Waals surface area contributed by atoms with E-state index in [1.54, 1.807) is 4.68 Å². The van der Waals surface area contributed by atoms with Crippen molar-refractivity contribution in [3.63, 3.8) is 0 Å². The zero-order valence-corrected chi connectivity index (χ0v) is 9.36. The number of hydrogen-bond donors (Lipinski definition) is 1. The maximum Gasteiger partial charge on any atom is 0.152 e. The fraction of sp³-hybridized carbons (Fsp3) is 0.800. The molecule has 0 unspecified atom stereocenters. The van der Waals surface area contributed by atoms with E-state index in [2.05, 4.69) is 15.4 Å². The lowest BCUT2D eigenvalue weighted by Gasteiger charge is -2.22. The Morgan fingerprint density at radius 2 is 2.20 bits per heavy atom. The van der Waals surface area contributed by atoms with Crippen LogP contribution >= 0.6 is 0 Å². The minimum atomic E-state index is 0.378. The molecular weight excluding hydrogens is 192 g/mol. The van der Waals surface area contributed by atoms with Gasteiger partial charge in [0.05, 0.1) is 6.10 Å². The van der Waals surface area contributed by atoms with Gasteiger partial charge < -0.3 is 10.1 Å². The second kappa shape index (κ2) is 4.72. The van der Waals surface area contributed by atoms with E-state index in [9.17, 15) is 0 Å². The van der Waals surface area contributed by atoms with Crippen LogP contribution in [0.1, 0.15) is 24.5 Å². The Labute approximate surface area is 89.8 Å². The molecule has 1 aromatic heterocycles. The van der Waals surface area contributed by atoms with E-state index in [4.69, 9.17) is 4.74 Å². The van der Waals surface area contributed by atoms with Crippen LogP contribution in [0.5, 0.6) is 0 Å². The minimum absolute atomic E-state index is 0.378. The van der Waals surface area contributed by atoms with Crippen LogP contribution in [0, 0.1) is 6.92 Å². The van der Waals surface area contributed by atoms with Crippen LogP contribution in [-0.2, 0) is 18.4 Å². The average molecular weight is 210 g/mol. The van der Waals surface area contributed by atoms with E-state index in [0.29, 0.717) is 12.7 Å². The van der Waals surface area contributed by atoms with Crippen LogP contribution in [0.25, 0.3) is 0 Å². The Kier molecular flexibility index (Phi) is 3.33. The third-order valence-electron chi connectivity index (χ3n) is 2.69. The molecule has 84 valence electrons. The molecule has 2 heterocycles. The Balaban J connectivity index is 1.84. The van der Waals surface area contributed by atoms with Gasteiger partial charge >= 0.3 is 0 Å². The monoisotopic (exact) mass is 210 g/mol. The number of nitrogens with one attached hydrogen (secondary N) is 1. The second-order valence-electron chi connectivity index (χ2n) is 3.96. The van der Waals surface area contributed by atoms with Gasteiger partial charge in [0, 0.05) is 7.05 Å². The maximum absolute atomic E-state index is 5.80. The standard InChI is InChI=1S/C10H18N4O/c1-8-12-10(14(2)13-8)7-15-9-3-5-11-6-4-9/h9,11H,3-7H2,1-2H3. The normalized spacial score (nSPS) is 18.3. The molecular formula is C10H18N4O. The molecule has 1 aliphatic rings. The van der Waals surface area contributed by atoms with E-state index in [1.165, 1.54) is 0 Å². The van der Waals surface area contributed by atoms with Gasteiger partial charge in [-0.25, -0.2) is 4.98 Å². The zero-order valence-electron chi connectivity index (χ0n) is 9.36. The molecule has 1 N–H and O–H groups in total. The number of ether oxygens (including phenoxy) is 1.